The number of rotatable bonds is 3. The predicted molar refractivity (Wildman–Crippen MR) is 68.4 cm³/mol. The molecule has 0 spiro atoms. The van der Waals surface area contributed by atoms with E-state index in [1.807, 2.05) is 19.1 Å². The van der Waals surface area contributed by atoms with E-state index in [1.54, 1.807) is 0 Å². The van der Waals surface area contributed by atoms with Crippen LogP contribution in [0.1, 0.15) is 31.9 Å². The van der Waals surface area contributed by atoms with Gasteiger partial charge in [0.2, 0.25) is 0 Å². The molecule has 3 nitrogen and oxygen atoms in total. The molecule has 1 aliphatic rings. The summed E-state index contributed by atoms with van der Waals surface area (Å²) < 4.78 is 0. The van der Waals surface area contributed by atoms with E-state index in [1.165, 1.54) is 19.3 Å². The zero-order chi connectivity index (χ0) is 11.5. The van der Waals surface area contributed by atoms with Gasteiger partial charge in [-0.05, 0) is 43.7 Å². The lowest BCUT2D eigenvalue weighted by atomic mass is 10.1. The van der Waals surface area contributed by atoms with Gasteiger partial charge in [0, 0.05) is 12.2 Å². The molecule has 0 amide bonds. The van der Waals surface area contributed by atoms with Crippen molar-refractivity contribution in [3.05, 3.63) is 17.8 Å². The van der Waals surface area contributed by atoms with Crippen molar-refractivity contribution in [1.82, 2.24) is 4.98 Å². The molecule has 3 N–H and O–H groups in total. The smallest absolute Gasteiger partial charge is 0.149 e. The summed E-state index contributed by atoms with van der Waals surface area (Å²) in [6.45, 7) is 5.33. The van der Waals surface area contributed by atoms with Gasteiger partial charge in [-0.1, -0.05) is 13.3 Å². The Labute approximate surface area is 97.5 Å². The van der Waals surface area contributed by atoms with Gasteiger partial charge in [-0.15, -0.1) is 0 Å². The van der Waals surface area contributed by atoms with Crippen molar-refractivity contribution in [2.24, 2.45) is 11.8 Å². The molecular weight excluding hydrogens is 198 g/mol. The molecule has 3 heteroatoms. The monoisotopic (exact) mass is 219 g/mol. The van der Waals surface area contributed by atoms with E-state index >= 15 is 0 Å². The Morgan fingerprint density at radius 1 is 1.44 bits per heavy atom. The van der Waals surface area contributed by atoms with E-state index in [0.717, 1.165) is 35.6 Å². The van der Waals surface area contributed by atoms with E-state index in [-0.39, 0.29) is 0 Å². The molecule has 2 unspecified atom stereocenters. The van der Waals surface area contributed by atoms with Crippen molar-refractivity contribution < 1.29 is 0 Å². The number of nitrogens with two attached hydrogens (primary N) is 1. The largest absolute Gasteiger partial charge is 0.396 e. The lowest BCUT2D eigenvalue weighted by Gasteiger charge is -2.13. The molecule has 0 aromatic carbocycles. The standard InChI is InChI=1S/C13H21N3/c1-9-3-5-11(7-9)8-15-13-12(14)6-4-10(2)16-13/h4,6,9,11H,3,5,7-8,14H2,1-2H3,(H,15,16). The summed E-state index contributed by atoms with van der Waals surface area (Å²) in [5.74, 6) is 2.52. The van der Waals surface area contributed by atoms with E-state index < -0.39 is 0 Å². The Bertz CT molecular complexity index is 362. The minimum Gasteiger partial charge on any atom is -0.396 e. The summed E-state index contributed by atoms with van der Waals surface area (Å²) in [5, 5.41) is 3.38. The van der Waals surface area contributed by atoms with Crippen LogP contribution in [0.25, 0.3) is 0 Å². The highest BCUT2D eigenvalue weighted by molar-refractivity contribution is 5.61. The number of hydrogen-bond donors (Lipinski definition) is 2. The fourth-order valence-corrected chi connectivity index (χ4v) is 2.46. The first-order chi connectivity index (χ1) is 7.65. The molecule has 1 aromatic rings. The highest BCUT2D eigenvalue weighted by Crippen LogP contribution is 2.30. The van der Waals surface area contributed by atoms with Crippen LogP contribution in [0.4, 0.5) is 11.5 Å². The number of anilines is 2. The second-order valence-electron chi connectivity index (χ2n) is 5.06. The van der Waals surface area contributed by atoms with Gasteiger partial charge >= 0.3 is 0 Å². The lowest BCUT2D eigenvalue weighted by molar-refractivity contribution is 0.536. The van der Waals surface area contributed by atoms with E-state index in [0.29, 0.717) is 0 Å². The number of aryl methyl sites for hydroxylation is 1. The Balaban J connectivity index is 1.91. The molecule has 88 valence electrons. The van der Waals surface area contributed by atoms with Crippen LogP contribution in [0, 0.1) is 18.8 Å². The van der Waals surface area contributed by atoms with Crippen molar-refractivity contribution in [3.8, 4) is 0 Å². The summed E-state index contributed by atoms with van der Waals surface area (Å²) in [4.78, 5) is 4.42. The molecule has 1 aliphatic carbocycles. The first-order valence-electron chi connectivity index (χ1n) is 6.12. The summed E-state index contributed by atoms with van der Waals surface area (Å²) in [5.41, 5.74) is 7.63. The highest BCUT2D eigenvalue weighted by Gasteiger charge is 2.21. The molecule has 1 saturated carbocycles. The van der Waals surface area contributed by atoms with Gasteiger partial charge in [0.15, 0.2) is 0 Å². The Morgan fingerprint density at radius 3 is 2.94 bits per heavy atom. The molecule has 1 fully saturated rings. The Kier molecular flexibility index (Phi) is 3.32. The third kappa shape index (κ3) is 2.65. The van der Waals surface area contributed by atoms with Gasteiger partial charge in [-0.25, -0.2) is 4.98 Å². The van der Waals surface area contributed by atoms with Crippen molar-refractivity contribution in [2.45, 2.75) is 33.1 Å². The second-order valence-corrected chi connectivity index (χ2v) is 5.06. The van der Waals surface area contributed by atoms with Crippen LogP contribution in [-0.4, -0.2) is 11.5 Å². The van der Waals surface area contributed by atoms with Crippen LogP contribution in [0.5, 0.6) is 0 Å². The number of aromatic nitrogens is 1. The molecule has 0 radical (unpaired) electrons. The van der Waals surface area contributed by atoms with Gasteiger partial charge in [-0.3, -0.25) is 0 Å². The minimum absolute atomic E-state index is 0.747. The van der Waals surface area contributed by atoms with Crippen LogP contribution in [0.3, 0.4) is 0 Å². The minimum atomic E-state index is 0.747. The third-order valence-electron chi connectivity index (χ3n) is 3.43. The Morgan fingerprint density at radius 2 is 2.25 bits per heavy atom. The third-order valence-corrected chi connectivity index (χ3v) is 3.43. The quantitative estimate of drug-likeness (QED) is 0.822. The fraction of sp³-hybridized carbons (Fsp3) is 0.615. The summed E-state index contributed by atoms with van der Waals surface area (Å²) in [6, 6.07) is 3.86. The van der Waals surface area contributed by atoms with Crippen LogP contribution in [0.15, 0.2) is 12.1 Å². The first kappa shape index (κ1) is 11.2. The molecule has 0 saturated heterocycles. The molecule has 2 atom stereocenters. The van der Waals surface area contributed by atoms with Crippen LogP contribution < -0.4 is 11.1 Å². The maximum absolute atomic E-state index is 5.88. The number of nitrogens with one attached hydrogen (secondary N) is 1. The molecular formula is C13H21N3. The highest BCUT2D eigenvalue weighted by atomic mass is 15.0. The van der Waals surface area contributed by atoms with Crippen molar-refractivity contribution in [2.75, 3.05) is 17.6 Å². The molecule has 1 heterocycles. The van der Waals surface area contributed by atoms with Gasteiger partial charge in [0.25, 0.3) is 0 Å². The number of nitrogens with zero attached hydrogens (tertiary/aromatic N) is 1. The normalized spacial score (nSPS) is 24.6. The zero-order valence-electron chi connectivity index (χ0n) is 10.2. The van der Waals surface area contributed by atoms with E-state index in [2.05, 4.69) is 17.2 Å². The van der Waals surface area contributed by atoms with Crippen molar-refractivity contribution >= 4 is 11.5 Å². The summed E-state index contributed by atoms with van der Waals surface area (Å²) >= 11 is 0. The number of pyridine rings is 1. The van der Waals surface area contributed by atoms with Gasteiger partial charge in [-0.2, -0.15) is 0 Å². The topological polar surface area (TPSA) is 50.9 Å². The van der Waals surface area contributed by atoms with Crippen LogP contribution in [-0.2, 0) is 0 Å². The first-order valence-corrected chi connectivity index (χ1v) is 6.12. The number of hydrogen-bond acceptors (Lipinski definition) is 3. The number of nitrogen functional groups attached to an aromatic ring is 1. The fourth-order valence-electron chi connectivity index (χ4n) is 2.46. The molecule has 16 heavy (non-hydrogen) atoms. The van der Waals surface area contributed by atoms with Crippen molar-refractivity contribution in [3.63, 3.8) is 0 Å². The molecule has 0 aliphatic heterocycles. The van der Waals surface area contributed by atoms with Crippen LogP contribution >= 0.6 is 0 Å². The summed E-state index contributed by atoms with van der Waals surface area (Å²) in [6.07, 6.45) is 4.03. The Hall–Kier alpha value is -1.25. The summed E-state index contributed by atoms with van der Waals surface area (Å²) in [7, 11) is 0. The second kappa shape index (κ2) is 4.73. The molecule has 1 aromatic heterocycles. The molecule has 0 bridgehead atoms. The predicted octanol–water partition coefficient (Wildman–Crippen LogP) is 2.82. The lowest BCUT2D eigenvalue weighted by Crippen LogP contribution is -2.13. The molecule has 2 rings (SSSR count). The van der Waals surface area contributed by atoms with Gasteiger partial charge in [0.05, 0.1) is 5.69 Å². The average molecular weight is 219 g/mol. The average Bonchev–Trinajstić information content (AvgIpc) is 2.66. The van der Waals surface area contributed by atoms with Crippen molar-refractivity contribution in [1.29, 1.82) is 0 Å². The zero-order valence-corrected chi connectivity index (χ0v) is 10.2. The van der Waals surface area contributed by atoms with E-state index in [4.69, 9.17) is 5.73 Å². The van der Waals surface area contributed by atoms with E-state index in [9.17, 15) is 0 Å². The van der Waals surface area contributed by atoms with Crippen LogP contribution in [0.2, 0.25) is 0 Å². The van der Waals surface area contributed by atoms with Gasteiger partial charge < -0.3 is 11.1 Å². The maximum Gasteiger partial charge on any atom is 0.149 e. The SMILES string of the molecule is Cc1ccc(N)c(NCC2CCC(C)C2)n1. The maximum atomic E-state index is 5.88. The van der Waals surface area contributed by atoms with Gasteiger partial charge in [0.1, 0.15) is 5.82 Å².